The van der Waals surface area contributed by atoms with Crippen LogP contribution >= 0.6 is 15.9 Å². The maximum Gasteiger partial charge on any atom is 0.262 e. The van der Waals surface area contributed by atoms with Crippen molar-refractivity contribution in [3.63, 3.8) is 0 Å². The third-order valence-electron chi connectivity index (χ3n) is 4.80. The van der Waals surface area contributed by atoms with Gasteiger partial charge in [0.25, 0.3) is 5.91 Å². The Morgan fingerprint density at radius 2 is 1.83 bits per heavy atom. The zero-order valence-electron chi connectivity index (χ0n) is 16.4. The molecule has 3 rings (SSSR count). The third kappa shape index (κ3) is 5.57. The minimum atomic E-state index is -3.51. The van der Waals surface area contributed by atoms with Gasteiger partial charge in [-0.25, -0.2) is 8.42 Å². The van der Waals surface area contributed by atoms with Gasteiger partial charge in [-0.15, -0.1) is 0 Å². The number of carbonyl (C=O) groups is 1. The van der Waals surface area contributed by atoms with Gasteiger partial charge < -0.3 is 15.0 Å². The lowest BCUT2D eigenvalue weighted by molar-refractivity contribution is -0.883. The van der Waals surface area contributed by atoms with Crippen LogP contribution in [-0.2, 0) is 14.8 Å². The number of anilines is 1. The fourth-order valence-corrected chi connectivity index (χ4v) is 5.08. The first-order valence-corrected chi connectivity index (χ1v) is 11.6. The quantitative estimate of drug-likeness (QED) is 0.649. The van der Waals surface area contributed by atoms with Crippen molar-refractivity contribution < 1.29 is 22.8 Å². The number of aryl methyl sites for hydroxylation is 1. The van der Waals surface area contributed by atoms with Gasteiger partial charge in [-0.2, -0.15) is 4.31 Å². The monoisotopic (exact) mass is 482 g/mol. The second-order valence-electron chi connectivity index (χ2n) is 7.16. The highest BCUT2D eigenvalue weighted by molar-refractivity contribution is 9.10. The summed E-state index contributed by atoms with van der Waals surface area (Å²) in [6, 6.07) is 11.8. The van der Waals surface area contributed by atoms with Crippen LogP contribution in [0.5, 0.6) is 5.75 Å². The fraction of sp³-hybridized carbons (Fsp3) is 0.350. The minimum absolute atomic E-state index is 0.147. The van der Waals surface area contributed by atoms with Crippen molar-refractivity contribution in [2.45, 2.75) is 11.8 Å². The van der Waals surface area contributed by atoms with Crippen LogP contribution in [0.4, 0.5) is 5.69 Å². The van der Waals surface area contributed by atoms with Crippen LogP contribution in [0.3, 0.4) is 0 Å². The van der Waals surface area contributed by atoms with Gasteiger partial charge in [-0.05, 0) is 64.8 Å². The molecule has 0 saturated carbocycles. The molecule has 0 aliphatic carbocycles. The molecule has 1 aliphatic heterocycles. The van der Waals surface area contributed by atoms with E-state index in [-0.39, 0.29) is 17.4 Å². The summed E-state index contributed by atoms with van der Waals surface area (Å²) >= 11 is 3.41. The summed E-state index contributed by atoms with van der Waals surface area (Å²) in [4.78, 5) is 13.7. The Labute approximate surface area is 179 Å². The van der Waals surface area contributed by atoms with Crippen LogP contribution in [-0.4, -0.2) is 58.5 Å². The molecule has 1 saturated heterocycles. The Morgan fingerprint density at radius 3 is 2.45 bits per heavy atom. The van der Waals surface area contributed by atoms with Crippen LogP contribution < -0.4 is 15.0 Å². The average Bonchev–Trinajstić information content (AvgIpc) is 2.68. The van der Waals surface area contributed by atoms with E-state index in [2.05, 4.69) is 28.3 Å². The number of piperazine rings is 1. The number of likely N-dealkylation sites (N-methyl/N-ethyl adjacent to an activating group) is 1. The molecule has 0 aromatic heterocycles. The van der Waals surface area contributed by atoms with Gasteiger partial charge in [-0.1, -0.05) is 6.07 Å². The van der Waals surface area contributed by atoms with Gasteiger partial charge in [-0.3, -0.25) is 4.79 Å². The summed E-state index contributed by atoms with van der Waals surface area (Å²) in [5.74, 6) is 0.260. The molecule has 2 N–H and O–H groups in total. The first kappa shape index (κ1) is 21.8. The summed E-state index contributed by atoms with van der Waals surface area (Å²) in [5, 5.41) is 2.72. The molecule has 0 bridgehead atoms. The highest BCUT2D eigenvalue weighted by Crippen LogP contribution is 2.25. The Hall–Kier alpha value is -1.94. The maximum atomic E-state index is 12.7. The number of ether oxygens (including phenoxy) is 1. The lowest BCUT2D eigenvalue weighted by Crippen LogP contribution is -3.12. The van der Waals surface area contributed by atoms with E-state index in [0.717, 1.165) is 23.1 Å². The number of quaternary nitrogens is 1. The molecule has 1 aliphatic rings. The smallest absolute Gasteiger partial charge is 0.262 e. The molecule has 1 heterocycles. The number of carbonyl (C=O) groups excluding carboxylic acids is 1. The average molecular weight is 483 g/mol. The van der Waals surface area contributed by atoms with E-state index in [1.165, 1.54) is 21.3 Å². The van der Waals surface area contributed by atoms with Gasteiger partial charge in [0.15, 0.2) is 6.61 Å². The summed E-state index contributed by atoms with van der Waals surface area (Å²) in [6.07, 6.45) is 0. The van der Waals surface area contributed by atoms with E-state index >= 15 is 0 Å². The highest BCUT2D eigenvalue weighted by Gasteiger charge is 2.29. The van der Waals surface area contributed by atoms with Gasteiger partial charge in [0, 0.05) is 5.69 Å². The topological polar surface area (TPSA) is 80.1 Å². The maximum absolute atomic E-state index is 12.7. The Kier molecular flexibility index (Phi) is 6.94. The molecule has 0 radical (unpaired) electrons. The van der Waals surface area contributed by atoms with E-state index in [0.29, 0.717) is 24.5 Å². The number of nitrogens with zero attached hydrogens (tertiary/aromatic N) is 1. The Bertz CT molecular complexity index is 972. The van der Waals surface area contributed by atoms with Gasteiger partial charge in [0.1, 0.15) is 5.75 Å². The molecule has 0 spiro atoms. The fourth-order valence-electron chi connectivity index (χ4n) is 3.03. The number of rotatable bonds is 6. The molecular weight excluding hydrogens is 458 g/mol. The molecule has 9 heteroatoms. The third-order valence-corrected chi connectivity index (χ3v) is 7.33. The van der Waals surface area contributed by atoms with E-state index in [1.807, 2.05) is 19.1 Å². The molecule has 7 nitrogen and oxygen atoms in total. The molecule has 2 aromatic rings. The highest BCUT2D eigenvalue weighted by atomic mass is 79.9. The summed E-state index contributed by atoms with van der Waals surface area (Å²) in [6.45, 7) is 4.44. The number of hydrogen-bond donors (Lipinski definition) is 2. The molecule has 0 unspecified atom stereocenters. The van der Waals surface area contributed by atoms with Crippen molar-refractivity contribution in [3.05, 3.63) is 52.5 Å². The van der Waals surface area contributed by atoms with Gasteiger partial charge in [0.05, 0.1) is 42.6 Å². The van der Waals surface area contributed by atoms with Crippen LogP contribution in [0.25, 0.3) is 0 Å². The Morgan fingerprint density at radius 1 is 1.17 bits per heavy atom. The van der Waals surface area contributed by atoms with Crippen molar-refractivity contribution in [1.29, 1.82) is 0 Å². The van der Waals surface area contributed by atoms with Crippen LogP contribution in [0.1, 0.15) is 5.56 Å². The molecular formula is C20H25BrN3O4S+. The largest absolute Gasteiger partial charge is 0.483 e. The zero-order chi connectivity index (χ0) is 21.0. The van der Waals surface area contributed by atoms with E-state index < -0.39 is 10.0 Å². The van der Waals surface area contributed by atoms with E-state index in [4.69, 9.17) is 4.74 Å². The molecule has 156 valence electrons. The first-order chi connectivity index (χ1) is 13.8. The zero-order valence-corrected chi connectivity index (χ0v) is 18.8. The van der Waals surface area contributed by atoms with Crippen LogP contribution in [0.15, 0.2) is 51.8 Å². The Balaban J connectivity index is 1.57. The van der Waals surface area contributed by atoms with Crippen LogP contribution in [0.2, 0.25) is 0 Å². The van der Waals surface area contributed by atoms with Crippen molar-refractivity contribution >= 4 is 37.5 Å². The van der Waals surface area contributed by atoms with E-state index in [1.54, 1.807) is 18.2 Å². The predicted octanol–water partition coefficient (Wildman–Crippen LogP) is 1.29. The number of benzene rings is 2. The minimum Gasteiger partial charge on any atom is -0.483 e. The number of sulfonamides is 1. The molecule has 1 amide bonds. The van der Waals surface area contributed by atoms with Crippen molar-refractivity contribution in [2.75, 3.05) is 45.2 Å². The van der Waals surface area contributed by atoms with Crippen molar-refractivity contribution in [3.8, 4) is 5.75 Å². The predicted molar refractivity (Wildman–Crippen MR) is 115 cm³/mol. The van der Waals surface area contributed by atoms with Gasteiger partial charge >= 0.3 is 0 Å². The normalized spacial score (nSPS) is 15.8. The standard InChI is InChI=1S/C20H24BrN3O4S/c1-15-3-8-19(18(21)13-15)28-14-20(25)22-16-4-6-17(7-5-16)29(26,27)24-11-9-23(2)10-12-24/h3-8,13H,9-12,14H2,1-2H3,(H,22,25)/p+1. The first-order valence-electron chi connectivity index (χ1n) is 9.36. The van der Waals surface area contributed by atoms with Crippen LogP contribution in [0, 0.1) is 6.92 Å². The summed E-state index contributed by atoms with van der Waals surface area (Å²) < 4.78 is 33.3. The molecule has 0 atom stereocenters. The summed E-state index contributed by atoms with van der Waals surface area (Å²) in [5.41, 5.74) is 1.60. The number of hydrogen-bond acceptors (Lipinski definition) is 4. The summed E-state index contributed by atoms with van der Waals surface area (Å²) in [7, 11) is -1.45. The van der Waals surface area contributed by atoms with E-state index in [9.17, 15) is 13.2 Å². The molecule has 2 aromatic carbocycles. The number of nitrogens with one attached hydrogen (secondary N) is 2. The molecule has 29 heavy (non-hydrogen) atoms. The molecule has 1 fully saturated rings. The number of halogens is 1. The SMILES string of the molecule is Cc1ccc(OCC(=O)Nc2ccc(S(=O)(=O)N3CC[NH+](C)CC3)cc2)c(Br)c1. The lowest BCUT2D eigenvalue weighted by Gasteiger charge is -2.29. The second-order valence-corrected chi connectivity index (χ2v) is 9.95. The van der Waals surface area contributed by atoms with Crippen molar-refractivity contribution in [2.24, 2.45) is 0 Å². The van der Waals surface area contributed by atoms with Gasteiger partial charge in [0.2, 0.25) is 10.0 Å². The number of amides is 1. The second kappa shape index (κ2) is 9.25. The van der Waals surface area contributed by atoms with Crippen molar-refractivity contribution in [1.82, 2.24) is 4.31 Å². The lowest BCUT2D eigenvalue weighted by atomic mass is 10.2.